The lowest BCUT2D eigenvalue weighted by molar-refractivity contribution is 0.0367. The minimum atomic E-state index is -0.0933. The molecule has 0 aromatic carbocycles. The lowest BCUT2D eigenvalue weighted by atomic mass is 9.79. The van der Waals surface area contributed by atoms with E-state index in [4.69, 9.17) is 0 Å². The summed E-state index contributed by atoms with van der Waals surface area (Å²) in [5.74, 6) is 1.00. The Balaban J connectivity index is 1.98. The molecule has 0 bridgehead atoms. The molecule has 1 nitrogen and oxygen atoms in total. The van der Waals surface area contributed by atoms with Crippen molar-refractivity contribution in [3.05, 3.63) is 35.5 Å². The third-order valence-corrected chi connectivity index (χ3v) is 5.01. The Bertz CT molecular complexity index is 382. The molecule has 0 aromatic rings. The van der Waals surface area contributed by atoms with Crippen LogP contribution in [0.1, 0.15) is 58.8 Å². The van der Waals surface area contributed by atoms with Crippen LogP contribution in [0.3, 0.4) is 0 Å². The Morgan fingerprint density at radius 2 is 1.89 bits per heavy atom. The fourth-order valence-corrected chi connectivity index (χ4v) is 3.90. The van der Waals surface area contributed by atoms with Gasteiger partial charge in [0.15, 0.2) is 0 Å². The highest BCUT2D eigenvalue weighted by atomic mass is 16.3. The molecule has 2 unspecified atom stereocenters. The van der Waals surface area contributed by atoms with Crippen LogP contribution in [0.15, 0.2) is 35.5 Å². The van der Waals surface area contributed by atoms with E-state index in [9.17, 15) is 5.11 Å². The van der Waals surface area contributed by atoms with Crippen molar-refractivity contribution in [1.82, 2.24) is 0 Å². The van der Waals surface area contributed by atoms with Crippen LogP contribution in [0.2, 0.25) is 0 Å². The first-order valence-corrected chi connectivity index (χ1v) is 7.80. The molecule has 2 rings (SSSR count). The molecule has 0 spiro atoms. The van der Waals surface area contributed by atoms with E-state index in [2.05, 4.69) is 26.5 Å². The van der Waals surface area contributed by atoms with Gasteiger partial charge in [-0.2, -0.15) is 0 Å². The van der Waals surface area contributed by atoms with E-state index < -0.39 is 0 Å². The van der Waals surface area contributed by atoms with Crippen LogP contribution in [0.5, 0.6) is 0 Å². The summed E-state index contributed by atoms with van der Waals surface area (Å²) >= 11 is 0. The summed E-state index contributed by atoms with van der Waals surface area (Å²) < 4.78 is 0. The fraction of sp³-hybridized carbons (Fsp3) is 0.667. The molecule has 0 aliphatic heterocycles. The van der Waals surface area contributed by atoms with Crippen molar-refractivity contribution >= 4 is 0 Å². The first-order chi connectivity index (χ1) is 9.13. The molecule has 1 saturated carbocycles. The van der Waals surface area contributed by atoms with Gasteiger partial charge < -0.3 is 5.11 Å². The molecule has 1 fully saturated rings. The molecular weight excluding hydrogens is 232 g/mol. The quantitative estimate of drug-likeness (QED) is 0.721. The zero-order valence-corrected chi connectivity index (χ0v) is 12.5. The Kier molecular flexibility index (Phi) is 5.04. The third-order valence-electron chi connectivity index (χ3n) is 5.01. The number of rotatable bonds is 4. The van der Waals surface area contributed by atoms with Crippen LogP contribution < -0.4 is 0 Å². The normalized spacial score (nSPS) is 27.7. The van der Waals surface area contributed by atoms with Gasteiger partial charge in [0, 0.05) is 0 Å². The smallest absolute Gasteiger partial charge is 0.0602 e. The zero-order chi connectivity index (χ0) is 13.8. The summed E-state index contributed by atoms with van der Waals surface area (Å²) in [5, 5.41) is 10.7. The van der Waals surface area contributed by atoms with Gasteiger partial charge in [0.1, 0.15) is 0 Å². The Morgan fingerprint density at radius 3 is 2.53 bits per heavy atom. The van der Waals surface area contributed by atoms with Crippen molar-refractivity contribution in [2.75, 3.05) is 0 Å². The Hall–Kier alpha value is -0.820. The van der Waals surface area contributed by atoms with Crippen LogP contribution in [0, 0.1) is 11.8 Å². The van der Waals surface area contributed by atoms with E-state index in [-0.39, 0.29) is 6.10 Å². The number of hydrogen-bond donors (Lipinski definition) is 1. The topological polar surface area (TPSA) is 20.2 Å². The molecule has 1 N–H and O–H groups in total. The molecule has 19 heavy (non-hydrogen) atoms. The van der Waals surface area contributed by atoms with Gasteiger partial charge in [-0.3, -0.25) is 0 Å². The van der Waals surface area contributed by atoms with Crippen molar-refractivity contribution in [2.45, 2.75) is 64.9 Å². The number of allylic oxidation sites excluding steroid dienone is 5. The van der Waals surface area contributed by atoms with Crippen LogP contribution in [-0.2, 0) is 0 Å². The van der Waals surface area contributed by atoms with Crippen molar-refractivity contribution in [1.29, 1.82) is 0 Å². The SMILES string of the molecule is C=C/C=C(/C)C1=C(C)CC(C(O)C2CCCCC2)C1. The molecule has 2 aliphatic carbocycles. The van der Waals surface area contributed by atoms with Gasteiger partial charge in [-0.15, -0.1) is 0 Å². The molecule has 1 heteroatoms. The van der Waals surface area contributed by atoms with Gasteiger partial charge in [0.05, 0.1) is 6.10 Å². The van der Waals surface area contributed by atoms with E-state index in [0.29, 0.717) is 11.8 Å². The number of aliphatic hydroxyl groups excluding tert-OH is 1. The van der Waals surface area contributed by atoms with Crippen LogP contribution in [-0.4, -0.2) is 11.2 Å². The first kappa shape index (κ1) is 14.6. The molecule has 2 aliphatic rings. The average molecular weight is 260 g/mol. The van der Waals surface area contributed by atoms with Gasteiger partial charge in [-0.05, 0) is 62.5 Å². The molecule has 0 saturated heterocycles. The summed E-state index contributed by atoms with van der Waals surface area (Å²) in [6.45, 7) is 8.16. The van der Waals surface area contributed by atoms with Crippen LogP contribution in [0.4, 0.5) is 0 Å². The minimum Gasteiger partial charge on any atom is -0.393 e. The Morgan fingerprint density at radius 1 is 1.21 bits per heavy atom. The molecule has 0 amide bonds. The summed E-state index contributed by atoms with van der Waals surface area (Å²) in [6.07, 6.45) is 12.4. The predicted molar refractivity (Wildman–Crippen MR) is 82.0 cm³/mol. The summed E-state index contributed by atoms with van der Waals surface area (Å²) in [7, 11) is 0. The largest absolute Gasteiger partial charge is 0.393 e. The van der Waals surface area contributed by atoms with Crippen LogP contribution in [0.25, 0.3) is 0 Å². The average Bonchev–Trinajstić information content (AvgIpc) is 2.81. The van der Waals surface area contributed by atoms with Gasteiger partial charge >= 0.3 is 0 Å². The van der Waals surface area contributed by atoms with E-state index in [1.807, 2.05) is 6.08 Å². The second-order valence-corrected chi connectivity index (χ2v) is 6.40. The molecule has 106 valence electrons. The fourth-order valence-electron chi connectivity index (χ4n) is 3.90. The molecule has 0 heterocycles. The van der Waals surface area contributed by atoms with E-state index in [1.165, 1.54) is 48.8 Å². The van der Waals surface area contributed by atoms with Crippen molar-refractivity contribution in [2.24, 2.45) is 11.8 Å². The predicted octanol–water partition coefficient (Wildman–Crippen LogP) is 4.79. The van der Waals surface area contributed by atoms with Gasteiger partial charge in [0.2, 0.25) is 0 Å². The highest BCUT2D eigenvalue weighted by molar-refractivity contribution is 5.38. The first-order valence-electron chi connectivity index (χ1n) is 7.80. The van der Waals surface area contributed by atoms with E-state index in [1.54, 1.807) is 0 Å². The second-order valence-electron chi connectivity index (χ2n) is 6.40. The third kappa shape index (κ3) is 3.39. The molecular formula is C18H28O. The number of aliphatic hydroxyl groups is 1. The van der Waals surface area contributed by atoms with E-state index >= 15 is 0 Å². The minimum absolute atomic E-state index is 0.0933. The molecule has 0 radical (unpaired) electrons. The maximum absolute atomic E-state index is 10.7. The standard InChI is InChI=1S/C18H28O/c1-4-8-13(2)17-12-16(11-14(17)3)18(19)15-9-6-5-7-10-15/h4,8,15-16,18-19H,1,5-7,9-12H2,2-3H3/b13-8-. The summed E-state index contributed by atoms with van der Waals surface area (Å²) in [4.78, 5) is 0. The highest BCUT2D eigenvalue weighted by Gasteiger charge is 2.33. The molecule has 0 aromatic heterocycles. The second kappa shape index (κ2) is 6.56. The van der Waals surface area contributed by atoms with Gasteiger partial charge in [-0.25, -0.2) is 0 Å². The van der Waals surface area contributed by atoms with Crippen molar-refractivity contribution in [3.8, 4) is 0 Å². The maximum atomic E-state index is 10.7. The lowest BCUT2D eigenvalue weighted by Crippen LogP contribution is -2.29. The molecule has 2 atom stereocenters. The van der Waals surface area contributed by atoms with Crippen molar-refractivity contribution < 1.29 is 5.11 Å². The summed E-state index contributed by atoms with van der Waals surface area (Å²) in [6, 6.07) is 0. The monoisotopic (exact) mass is 260 g/mol. The lowest BCUT2D eigenvalue weighted by Gasteiger charge is -2.30. The maximum Gasteiger partial charge on any atom is 0.0602 e. The van der Waals surface area contributed by atoms with E-state index in [0.717, 1.165) is 12.8 Å². The zero-order valence-electron chi connectivity index (χ0n) is 12.5. The van der Waals surface area contributed by atoms with Crippen LogP contribution >= 0.6 is 0 Å². The number of hydrogen-bond acceptors (Lipinski definition) is 1. The van der Waals surface area contributed by atoms with Gasteiger partial charge in [-0.1, -0.05) is 43.6 Å². The van der Waals surface area contributed by atoms with Gasteiger partial charge in [0.25, 0.3) is 0 Å². The van der Waals surface area contributed by atoms with Crippen molar-refractivity contribution in [3.63, 3.8) is 0 Å². The summed E-state index contributed by atoms with van der Waals surface area (Å²) in [5.41, 5.74) is 4.25. The Labute approximate surface area is 118 Å². The highest BCUT2D eigenvalue weighted by Crippen LogP contribution is 2.41.